The average Bonchev–Trinajstić information content (AvgIpc) is 3.41. The molecule has 3 N–H and O–H groups in total. The van der Waals surface area contributed by atoms with Gasteiger partial charge in [-0.25, -0.2) is 13.4 Å². The summed E-state index contributed by atoms with van der Waals surface area (Å²) in [4.78, 5) is 19.8. The lowest BCUT2D eigenvalue weighted by Gasteiger charge is -2.13. The van der Waals surface area contributed by atoms with Crippen LogP contribution >= 0.6 is 0 Å². The zero-order chi connectivity index (χ0) is 20.6. The standard InChI is InChI=1S/C21H24N4O3S/c1-3-10-29(27,28)25-18-7-6-15(11-13(18)2)17-12-19(24-21(26)14-4-5-14)23-20-16(17)8-9-22-20/h6-9,11-12,14,25H,3-5,10H2,1-2H3,(H2,22,23,24,26). The van der Waals surface area contributed by atoms with E-state index in [0.29, 0.717) is 23.6 Å². The first kappa shape index (κ1) is 19.4. The van der Waals surface area contributed by atoms with Crippen molar-refractivity contribution in [3.05, 3.63) is 42.1 Å². The Morgan fingerprint density at radius 3 is 2.72 bits per heavy atom. The van der Waals surface area contributed by atoms with Crippen molar-refractivity contribution >= 4 is 38.5 Å². The number of carbonyl (C=O) groups is 1. The summed E-state index contributed by atoms with van der Waals surface area (Å²) in [6, 6.07) is 9.41. The third kappa shape index (κ3) is 4.27. The van der Waals surface area contributed by atoms with Crippen LogP contribution in [0.3, 0.4) is 0 Å². The number of nitrogens with one attached hydrogen (secondary N) is 3. The molecule has 2 aromatic heterocycles. The topological polar surface area (TPSA) is 104 Å². The molecule has 0 spiro atoms. The summed E-state index contributed by atoms with van der Waals surface area (Å²) in [6.45, 7) is 3.71. The number of sulfonamides is 1. The zero-order valence-electron chi connectivity index (χ0n) is 16.5. The van der Waals surface area contributed by atoms with Gasteiger partial charge in [0.25, 0.3) is 0 Å². The summed E-state index contributed by atoms with van der Waals surface area (Å²) in [7, 11) is -3.35. The van der Waals surface area contributed by atoms with Gasteiger partial charge in [0, 0.05) is 17.5 Å². The molecule has 2 heterocycles. The molecule has 1 amide bonds. The lowest BCUT2D eigenvalue weighted by Crippen LogP contribution is -2.16. The largest absolute Gasteiger partial charge is 0.346 e. The van der Waals surface area contributed by atoms with E-state index in [4.69, 9.17) is 0 Å². The number of benzene rings is 1. The molecule has 8 heteroatoms. The number of H-pyrrole nitrogens is 1. The van der Waals surface area contributed by atoms with Gasteiger partial charge in [-0.2, -0.15) is 0 Å². The van der Waals surface area contributed by atoms with Crippen LogP contribution in [-0.2, 0) is 14.8 Å². The fourth-order valence-corrected chi connectivity index (χ4v) is 4.55. The number of hydrogen-bond donors (Lipinski definition) is 3. The number of anilines is 2. The van der Waals surface area contributed by atoms with Gasteiger partial charge in [0.05, 0.1) is 11.4 Å². The van der Waals surface area contributed by atoms with Crippen LogP contribution in [0.1, 0.15) is 31.7 Å². The molecule has 0 radical (unpaired) electrons. The van der Waals surface area contributed by atoms with Crippen molar-refractivity contribution in [2.45, 2.75) is 33.1 Å². The summed E-state index contributed by atoms with van der Waals surface area (Å²) in [5.41, 5.74) is 3.94. The molecule has 7 nitrogen and oxygen atoms in total. The van der Waals surface area contributed by atoms with Gasteiger partial charge in [-0.05, 0) is 67.1 Å². The van der Waals surface area contributed by atoms with E-state index >= 15 is 0 Å². The average molecular weight is 413 g/mol. The van der Waals surface area contributed by atoms with Gasteiger partial charge >= 0.3 is 0 Å². The predicted molar refractivity (Wildman–Crippen MR) is 115 cm³/mol. The fourth-order valence-electron chi connectivity index (χ4n) is 3.35. The minimum atomic E-state index is -3.35. The van der Waals surface area contributed by atoms with Crippen molar-refractivity contribution in [1.82, 2.24) is 9.97 Å². The van der Waals surface area contributed by atoms with Crippen LogP contribution in [0.4, 0.5) is 11.5 Å². The maximum absolute atomic E-state index is 12.2. The molecule has 0 saturated heterocycles. The molecular formula is C21H24N4O3S. The lowest BCUT2D eigenvalue weighted by atomic mass is 10.0. The number of hydrogen-bond acceptors (Lipinski definition) is 4. The van der Waals surface area contributed by atoms with Gasteiger partial charge in [0.15, 0.2) is 0 Å². The Morgan fingerprint density at radius 2 is 2.03 bits per heavy atom. The van der Waals surface area contributed by atoms with E-state index in [2.05, 4.69) is 20.0 Å². The Kier molecular flexibility index (Phi) is 5.04. The Morgan fingerprint density at radius 1 is 1.24 bits per heavy atom. The number of pyridine rings is 1. The number of carbonyl (C=O) groups excluding carboxylic acids is 1. The first-order chi connectivity index (χ1) is 13.9. The summed E-state index contributed by atoms with van der Waals surface area (Å²) in [6.07, 6.45) is 4.23. The maximum Gasteiger partial charge on any atom is 0.232 e. The number of rotatable bonds is 7. The van der Waals surface area contributed by atoms with E-state index < -0.39 is 10.0 Å². The highest BCUT2D eigenvalue weighted by atomic mass is 32.2. The molecule has 3 aromatic rings. The van der Waals surface area contributed by atoms with E-state index in [0.717, 1.165) is 34.9 Å². The molecule has 4 rings (SSSR count). The van der Waals surface area contributed by atoms with E-state index in [1.54, 1.807) is 6.07 Å². The molecule has 1 aliphatic carbocycles. The van der Waals surface area contributed by atoms with Crippen molar-refractivity contribution in [1.29, 1.82) is 0 Å². The van der Waals surface area contributed by atoms with E-state index in [1.807, 2.05) is 44.3 Å². The van der Waals surface area contributed by atoms with Crippen LogP contribution in [0.5, 0.6) is 0 Å². The van der Waals surface area contributed by atoms with Crippen molar-refractivity contribution in [3.8, 4) is 11.1 Å². The second-order valence-corrected chi connectivity index (χ2v) is 9.35. The highest BCUT2D eigenvalue weighted by Crippen LogP contribution is 2.34. The Labute approximate surface area is 170 Å². The summed E-state index contributed by atoms with van der Waals surface area (Å²) in [5, 5.41) is 3.84. The Bertz CT molecular complexity index is 1180. The molecule has 1 fully saturated rings. The number of fused-ring (bicyclic) bond motifs is 1. The van der Waals surface area contributed by atoms with Gasteiger partial charge < -0.3 is 10.3 Å². The molecule has 0 bridgehead atoms. The minimum absolute atomic E-state index is 0.00575. The van der Waals surface area contributed by atoms with Crippen LogP contribution < -0.4 is 10.0 Å². The molecule has 0 unspecified atom stereocenters. The smallest absolute Gasteiger partial charge is 0.232 e. The molecule has 1 aliphatic rings. The number of aromatic amines is 1. The number of aromatic nitrogens is 2. The third-order valence-electron chi connectivity index (χ3n) is 5.00. The Hall–Kier alpha value is -2.87. The monoisotopic (exact) mass is 412 g/mol. The highest BCUT2D eigenvalue weighted by Gasteiger charge is 2.30. The molecule has 0 atom stereocenters. The van der Waals surface area contributed by atoms with Gasteiger partial charge in [0.1, 0.15) is 11.5 Å². The molecule has 1 saturated carbocycles. The first-order valence-corrected chi connectivity index (χ1v) is 11.4. The van der Waals surface area contributed by atoms with Crippen molar-refractivity contribution < 1.29 is 13.2 Å². The second kappa shape index (κ2) is 7.51. The van der Waals surface area contributed by atoms with Crippen molar-refractivity contribution in [2.24, 2.45) is 5.92 Å². The molecule has 1 aromatic carbocycles. The number of nitrogens with zero attached hydrogens (tertiary/aromatic N) is 1. The van der Waals surface area contributed by atoms with E-state index in [1.165, 1.54) is 0 Å². The normalized spacial score (nSPS) is 14.1. The van der Waals surface area contributed by atoms with Gasteiger partial charge in [0.2, 0.25) is 15.9 Å². The molecular weight excluding hydrogens is 388 g/mol. The molecule has 29 heavy (non-hydrogen) atoms. The lowest BCUT2D eigenvalue weighted by molar-refractivity contribution is -0.117. The van der Waals surface area contributed by atoms with Gasteiger partial charge in [-0.3, -0.25) is 9.52 Å². The summed E-state index contributed by atoms with van der Waals surface area (Å²) >= 11 is 0. The highest BCUT2D eigenvalue weighted by molar-refractivity contribution is 7.92. The number of aryl methyl sites for hydroxylation is 1. The summed E-state index contributed by atoms with van der Waals surface area (Å²) in [5.74, 6) is 0.702. The van der Waals surface area contributed by atoms with E-state index in [9.17, 15) is 13.2 Å². The van der Waals surface area contributed by atoms with Gasteiger partial charge in [-0.15, -0.1) is 0 Å². The summed E-state index contributed by atoms with van der Waals surface area (Å²) < 4.78 is 26.8. The van der Waals surface area contributed by atoms with Crippen LogP contribution in [0.2, 0.25) is 0 Å². The Balaban J connectivity index is 1.69. The minimum Gasteiger partial charge on any atom is -0.346 e. The van der Waals surface area contributed by atoms with Crippen LogP contribution in [0.15, 0.2) is 36.5 Å². The van der Waals surface area contributed by atoms with Gasteiger partial charge in [-0.1, -0.05) is 13.0 Å². The third-order valence-corrected chi connectivity index (χ3v) is 6.48. The van der Waals surface area contributed by atoms with Crippen LogP contribution in [0, 0.1) is 12.8 Å². The number of amides is 1. The zero-order valence-corrected chi connectivity index (χ0v) is 17.3. The maximum atomic E-state index is 12.2. The van der Waals surface area contributed by atoms with Crippen molar-refractivity contribution in [3.63, 3.8) is 0 Å². The van der Waals surface area contributed by atoms with E-state index in [-0.39, 0.29) is 17.6 Å². The SMILES string of the molecule is CCCS(=O)(=O)Nc1ccc(-c2cc(NC(=O)C3CC3)nc3[nH]ccc23)cc1C. The first-order valence-electron chi connectivity index (χ1n) is 9.77. The van der Waals surface area contributed by atoms with Crippen LogP contribution in [0.25, 0.3) is 22.2 Å². The fraction of sp³-hybridized carbons (Fsp3) is 0.333. The quantitative estimate of drug-likeness (QED) is 0.545. The predicted octanol–water partition coefficient (Wildman–Crippen LogP) is 4.04. The molecule has 0 aliphatic heterocycles. The van der Waals surface area contributed by atoms with Crippen LogP contribution in [-0.4, -0.2) is 30.0 Å². The van der Waals surface area contributed by atoms with Crippen molar-refractivity contribution in [2.75, 3.05) is 15.8 Å². The second-order valence-electron chi connectivity index (χ2n) is 7.51. The molecule has 152 valence electrons.